The fraction of sp³-hybridized carbons (Fsp3) is 0.500. The van der Waals surface area contributed by atoms with Gasteiger partial charge in [-0.25, -0.2) is 8.42 Å². The Hall–Kier alpha value is -3.31. The highest BCUT2D eigenvalue weighted by Gasteiger charge is 2.43. The van der Waals surface area contributed by atoms with Crippen molar-refractivity contribution >= 4 is 32.6 Å². The van der Waals surface area contributed by atoms with Crippen molar-refractivity contribution in [3.8, 4) is 0 Å². The molecule has 3 N–H and O–H groups in total. The summed E-state index contributed by atoms with van der Waals surface area (Å²) in [7, 11) is -4.12. The third kappa shape index (κ3) is 10.1. The predicted molar refractivity (Wildman–Crippen MR) is 183 cm³/mol. The zero-order valence-corrected chi connectivity index (χ0v) is 28.3. The summed E-state index contributed by atoms with van der Waals surface area (Å²) in [4.78, 5) is 27.4. The van der Waals surface area contributed by atoms with Crippen molar-refractivity contribution in [1.29, 1.82) is 0 Å². The van der Waals surface area contributed by atoms with Crippen LogP contribution in [0.1, 0.15) is 64.9 Å². The van der Waals surface area contributed by atoms with Crippen molar-refractivity contribution in [3.05, 3.63) is 78.4 Å². The van der Waals surface area contributed by atoms with Crippen molar-refractivity contribution in [2.75, 3.05) is 32.7 Å². The molecule has 250 valence electrons. The number of amides is 2. The maximum absolute atomic E-state index is 14.3. The maximum atomic E-state index is 14.3. The molecule has 2 unspecified atom stereocenters. The topological polar surface area (TPSA) is 119 Å². The first-order valence-corrected chi connectivity index (χ1v) is 18.0. The molecular formula is C36H50N4O5S. The number of aliphatic hydroxyl groups is 1. The van der Waals surface area contributed by atoms with Gasteiger partial charge in [0.2, 0.25) is 21.8 Å². The summed E-state index contributed by atoms with van der Waals surface area (Å²) in [5.41, 5.74) is -1.00. The van der Waals surface area contributed by atoms with E-state index in [-0.39, 0.29) is 61.0 Å². The van der Waals surface area contributed by atoms with E-state index in [0.29, 0.717) is 19.4 Å². The van der Waals surface area contributed by atoms with E-state index in [9.17, 15) is 23.1 Å². The van der Waals surface area contributed by atoms with Gasteiger partial charge in [0.25, 0.3) is 0 Å². The number of hydrogen-bond donors (Lipinski definition) is 3. The van der Waals surface area contributed by atoms with Gasteiger partial charge in [-0.15, -0.1) is 0 Å². The van der Waals surface area contributed by atoms with Gasteiger partial charge < -0.3 is 15.7 Å². The normalized spacial score (nSPS) is 16.0. The standard InChI is InChI=1S/C36H50N4O5S/c1-28(2)26-40(46(44,45)33-19-18-31-15-7-8-16-32(31)24-33)36(43,25-30-13-5-4-6-14-30)20-21-37-34(41)17-11-12-29(3)38-35(42)27-39-22-9-10-23-39/h4-8,13-16,18-19,24,28-29,43H,9-12,17,20-23,25-27H2,1-3H3,(H,37,41)(H,38,42). The Balaban J connectivity index is 1.42. The molecule has 2 atom stereocenters. The zero-order valence-electron chi connectivity index (χ0n) is 27.5. The van der Waals surface area contributed by atoms with Crippen molar-refractivity contribution in [2.45, 2.75) is 82.4 Å². The number of nitrogens with one attached hydrogen (secondary N) is 2. The van der Waals surface area contributed by atoms with E-state index in [1.165, 1.54) is 4.31 Å². The van der Waals surface area contributed by atoms with Gasteiger partial charge in [-0.2, -0.15) is 4.31 Å². The summed E-state index contributed by atoms with van der Waals surface area (Å²) in [5, 5.41) is 19.9. The molecule has 4 rings (SSSR count). The average Bonchev–Trinajstić information content (AvgIpc) is 3.52. The summed E-state index contributed by atoms with van der Waals surface area (Å²) in [6.45, 7) is 8.34. The van der Waals surface area contributed by atoms with Crippen LogP contribution in [0.4, 0.5) is 0 Å². The Kier molecular flexibility index (Phi) is 12.7. The molecule has 0 radical (unpaired) electrons. The van der Waals surface area contributed by atoms with Crippen molar-refractivity contribution in [2.24, 2.45) is 5.92 Å². The number of carbonyl (C=O) groups excluding carboxylic acids is 2. The maximum Gasteiger partial charge on any atom is 0.245 e. The molecule has 1 heterocycles. The van der Waals surface area contributed by atoms with E-state index in [0.717, 1.165) is 42.3 Å². The highest BCUT2D eigenvalue weighted by atomic mass is 32.2. The summed E-state index contributed by atoms with van der Waals surface area (Å²) in [6.07, 6.45) is 3.89. The molecule has 1 aliphatic rings. The Bertz CT molecular complexity index is 1540. The molecule has 1 aliphatic heterocycles. The SMILES string of the molecule is CC(C)CN(C(O)(CCNC(=O)CCCC(C)NC(=O)CN1CCCC1)Cc1ccccc1)S(=O)(=O)c1ccc2ccccc2c1. The van der Waals surface area contributed by atoms with Crippen molar-refractivity contribution in [3.63, 3.8) is 0 Å². The third-order valence-electron chi connectivity index (χ3n) is 8.50. The minimum absolute atomic E-state index is 0.0100. The fourth-order valence-electron chi connectivity index (χ4n) is 6.10. The molecule has 1 saturated heterocycles. The first kappa shape index (κ1) is 35.5. The molecule has 3 aromatic rings. The number of likely N-dealkylation sites (tertiary alicyclic amines) is 1. The van der Waals surface area contributed by atoms with Crippen LogP contribution >= 0.6 is 0 Å². The van der Waals surface area contributed by atoms with Gasteiger partial charge in [-0.05, 0) is 80.1 Å². The van der Waals surface area contributed by atoms with Crippen LogP contribution in [0, 0.1) is 5.92 Å². The third-order valence-corrected chi connectivity index (χ3v) is 10.4. The molecule has 0 aromatic heterocycles. The fourth-order valence-corrected chi connectivity index (χ4v) is 7.97. The summed E-state index contributed by atoms with van der Waals surface area (Å²) in [6, 6.07) is 21.9. The van der Waals surface area contributed by atoms with Crippen LogP contribution in [-0.4, -0.2) is 79.0 Å². The van der Waals surface area contributed by atoms with Gasteiger partial charge in [-0.3, -0.25) is 14.5 Å². The number of benzene rings is 3. The van der Waals surface area contributed by atoms with E-state index in [1.54, 1.807) is 18.2 Å². The number of carbonyl (C=O) groups is 2. The molecule has 1 fully saturated rings. The van der Waals surface area contributed by atoms with E-state index in [4.69, 9.17) is 0 Å². The number of fused-ring (bicyclic) bond motifs is 1. The van der Waals surface area contributed by atoms with Crippen LogP contribution in [0.3, 0.4) is 0 Å². The molecule has 0 aliphatic carbocycles. The number of sulfonamides is 1. The van der Waals surface area contributed by atoms with Crippen LogP contribution in [0.5, 0.6) is 0 Å². The second-order valence-electron chi connectivity index (χ2n) is 13.0. The smallest absolute Gasteiger partial charge is 0.245 e. The van der Waals surface area contributed by atoms with Crippen LogP contribution in [0.15, 0.2) is 77.7 Å². The molecular weight excluding hydrogens is 600 g/mol. The van der Waals surface area contributed by atoms with Crippen LogP contribution < -0.4 is 10.6 Å². The molecule has 3 aromatic carbocycles. The van der Waals surface area contributed by atoms with E-state index < -0.39 is 15.7 Å². The molecule has 0 spiro atoms. The van der Waals surface area contributed by atoms with Crippen molar-refractivity contribution in [1.82, 2.24) is 19.8 Å². The first-order chi connectivity index (χ1) is 22.0. The predicted octanol–water partition coefficient (Wildman–Crippen LogP) is 4.69. The average molecular weight is 651 g/mol. The summed E-state index contributed by atoms with van der Waals surface area (Å²) in [5.74, 6) is -0.225. The number of rotatable bonds is 17. The molecule has 9 nitrogen and oxygen atoms in total. The second kappa shape index (κ2) is 16.5. The van der Waals surface area contributed by atoms with Gasteiger partial charge in [0, 0.05) is 38.4 Å². The minimum atomic E-state index is -4.12. The Morgan fingerprint density at radius 3 is 2.30 bits per heavy atom. The van der Waals surface area contributed by atoms with E-state index in [1.807, 2.05) is 75.4 Å². The Morgan fingerprint density at radius 2 is 1.61 bits per heavy atom. The first-order valence-electron chi connectivity index (χ1n) is 16.5. The van der Waals surface area contributed by atoms with Crippen LogP contribution in [0.25, 0.3) is 10.8 Å². The molecule has 10 heteroatoms. The highest BCUT2D eigenvalue weighted by molar-refractivity contribution is 7.89. The molecule has 0 saturated carbocycles. The molecule has 0 bridgehead atoms. The number of hydrogen-bond acceptors (Lipinski definition) is 6. The quantitative estimate of drug-likeness (QED) is 0.183. The van der Waals surface area contributed by atoms with E-state index in [2.05, 4.69) is 15.5 Å². The Morgan fingerprint density at radius 1 is 0.935 bits per heavy atom. The van der Waals surface area contributed by atoms with Crippen molar-refractivity contribution < 1.29 is 23.1 Å². The van der Waals surface area contributed by atoms with Crippen LogP contribution in [-0.2, 0) is 26.0 Å². The van der Waals surface area contributed by atoms with Crippen LogP contribution in [0.2, 0.25) is 0 Å². The highest BCUT2D eigenvalue weighted by Crippen LogP contribution is 2.31. The lowest BCUT2D eigenvalue weighted by Gasteiger charge is -2.40. The summed E-state index contributed by atoms with van der Waals surface area (Å²) >= 11 is 0. The second-order valence-corrected chi connectivity index (χ2v) is 14.9. The van der Waals surface area contributed by atoms with E-state index >= 15 is 0 Å². The summed E-state index contributed by atoms with van der Waals surface area (Å²) < 4.78 is 29.8. The largest absolute Gasteiger partial charge is 0.374 e. The van der Waals surface area contributed by atoms with Gasteiger partial charge in [0.05, 0.1) is 11.4 Å². The van der Waals surface area contributed by atoms with Gasteiger partial charge in [0.15, 0.2) is 0 Å². The lowest BCUT2D eigenvalue weighted by molar-refractivity contribution is -0.122. The Labute approximate surface area is 274 Å². The number of nitrogens with zero attached hydrogens (tertiary/aromatic N) is 2. The zero-order chi connectivity index (χ0) is 33.2. The van der Waals surface area contributed by atoms with Gasteiger partial charge in [-0.1, -0.05) is 74.5 Å². The lowest BCUT2D eigenvalue weighted by Crippen LogP contribution is -2.55. The lowest BCUT2D eigenvalue weighted by atomic mass is 9.98. The van der Waals surface area contributed by atoms with Gasteiger partial charge >= 0.3 is 0 Å². The minimum Gasteiger partial charge on any atom is -0.374 e. The monoisotopic (exact) mass is 650 g/mol. The molecule has 46 heavy (non-hydrogen) atoms. The van der Waals surface area contributed by atoms with Gasteiger partial charge in [0.1, 0.15) is 5.72 Å². The molecule has 2 amide bonds.